The third-order valence-electron chi connectivity index (χ3n) is 2.85. The molecule has 4 N–H and O–H groups in total. The van der Waals surface area contributed by atoms with Crippen molar-refractivity contribution in [2.45, 2.75) is 58.5 Å². The van der Waals surface area contributed by atoms with Gasteiger partial charge in [0.2, 0.25) is 17.7 Å². The number of nitrogens with two attached hydrogens (primary N) is 1. The molecule has 0 heterocycles. The van der Waals surface area contributed by atoms with E-state index in [1.165, 1.54) is 6.92 Å². The van der Waals surface area contributed by atoms with Crippen molar-refractivity contribution in [3.05, 3.63) is 0 Å². The topological polar surface area (TPSA) is 118 Å². The minimum atomic E-state index is -0.862. The molecule has 0 radical (unpaired) electrons. The number of nitrogens with one attached hydrogen (secondary N) is 2. The summed E-state index contributed by atoms with van der Waals surface area (Å²) < 4.78 is 0. The van der Waals surface area contributed by atoms with E-state index >= 15 is 0 Å². The maximum atomic E-state index is 12.0. The summed E-state index contributed by atoms with van der Waals surface area (Å²) >= 11 is 0. The van der Waals surface area contributed by atoms with Crippen molar-refractivity contribution in [2.75, 3.05) is 0 Å². The second-order valence-electron chi connectivity index (χ2n) is 5.49. The van der Waals surface area contributed by atoms with Crippen molar-refractivity contribution < 1.29 is 19.2 Å². The predicted octanol–water partition coefficient (Wildman–Crippen LogP) is -0.123. The van der Waals surface area contributed by atoms with Gasteiger partial charge in [-0.05, 0) is 25.7 Å². The first-order chi connectivity index (χ1) is 9.76. The van der Waals surface area contributed by atoms with Gasteiger partial charge >= 0.3 is 0 Å². The second-order valence-corrected chi connectivity index (χ2v) is 5.49. The molecule has 0 saturated heterocycles. The van der Waals surface area contributed by atoms with Crippen LogP contribution in [0.2, 0.25) is 0 Å². The SMILES string of the molecule is CC(C)CCC(=O)N[C@@H](CCC(N)=O)C(=O)N[C@@H](C)C=O. The first-order valence-corrected chi connectivity index (χ1v) is 7.09. The van der Waals surface area contributed by atoms with Crippen molar-refractivity contribution in [3.8, 4) is 0 Å². The van der Waals surface area contributed by atoms with Crippen LogP contribution < -0.4 is 16.4 Å². The van der Waals surface area contributed by atoms with Gasteiger partial charge in [0.1, 0.15) is 12.3 Å². The molecule has 0 aliphatic rings. The number of rotatable bonds is 10. The van der Waals surface area contributed by atoms with E-state index in [9.17, 15) is 19.2 Å². The van der Waals surface area contributed by atoms with Crippen LogP contribution >= 0.6 is 0 Å². The van der Waals surface area contributed by atoms with E-state index in [0.29, 0.717) is 25.0 Å². The highest BCUT2D eigenvalue weighted by Gasteiger charge is 2.22. The van der Waals surface area contributed by atoms with E-state index in [1.807, 2.05) is 13.8 Å². The fourth-order valence-corrected chi connectivity index (χ4v) is 1.60. The van der Waals surface area contributed by atoms with Gasteiger partial charge in [0, 0.05) is 12.8 Å². The lowest BCUT2D eigenvalue weighted by molar-refractivity contribution is -0.130. The van der Waals surface area contributed by atoms with Crippen molar-refractivity contribution in [1.82, 2.24) is 10.6 Å². The standard InChI is InChI=1S/C14H25N3O4/c1-9(2)4-7-13(20)17-11(5-6-12(15)19)14(21)16-10(3)8-18/h8-11H,4-7H2,1-3H3,(H2,15,19)(H,16,21)(H,17,20)/t10-,11-/m0/s1. The molecule has 0 bridgehead atoms. The van der Waals surface area contributed by atoms with E-state index in [1.54, 1.807) is 0 Å². The van der Waals surface area contributed by atoms with Crippen LogP contribution in [0.1, 0.15) is 46.5 Å². The minimum absolute atomic E-state index is 0.0159. The molecule has 0 rings (SSSR count). The average molecular weight is 299 g/mol. The monoisotopic (exact) mass is 299 g/mol. The highest BCUT2D eigenvalue weighted by molar-refractivity contribution is 5.89. The predicted molar refractivity (Wildman–Crippen MR) is 78.1 cm³/mol. The van der Waals surface area contributed by atoms with Crippen LogP contribution in [-0.2, 0) is 19.2 Å². The molecule has 0 fully saturated rings. The van der Waals surface area contributed by atoms with Gasteiger partial charge in [-0.2, -0.15) is 0 Å². The van der Waals surface area contributed by atoms with Crippen molar-refractivity contribution >= 4 is 24.0 Å². The van der Waals surface area contributed by atoms with Gasteiger partial charge in [-0.25, -0.2) is 0 Å². The van der Waals surface area contributed by atoms with Crippen LogP contribution in [0.25, 0.3) is 0 Å². The number of primary amides is 1. The lowest BCUT2D eigenvalue weighted by Crippen LogP contribution is -2.49. The highest BCUT2D eigenvalue weighted by Crippen LogP contribution is 2.05. The first-order valence-electron chi connectivity index (χ1n) is 7.09. The smallest absolute Gasteiger partial charge is 0.243 e. The van der Waals surface area contributed by atoms with Crippen LogP contribution in [0.5, 0.6) is 0 Å². The molecule has 0 saturated carbocycles. The molecule has 3 amide bonds. The van der Waals surface area contributed by atoms with Crippen molar-refractivity contribution in [3.63, 3.8) is 0 Å². The van der Waals surface area contributed by atoms with Crippen molar-refractivity contribution in [1.29, 1.82) is 0 Å². The number of hydrogen-bond donors (Lipinski definition) is 3. The Hall–Kier alpha value is -1.92. The molecule has 0 spiro atoms. The Balaban J connectivity index is 4.56. The average Bonchev–Trinajstić information content (AvgIpc) is 2.40. The summed E-state index contributed by atoms with van der Waals surface area (Å²) in [5.74, 6) is -0.919. The Morgan fingerprint density at radius 1 is 1.05 bits per heavy atom. The summed E-state index contributed by atoms with van der Waals surface area (Å²) in [6, 6.07) is -1.51. The molecule has 0 unspecified atom stereocenters. The van der Waals surface area contributed by atoms with E-state index < -0.39 is 23.9 Å². The van der Waals surface area contributed by atoms with Gasteiger partial charge in [0.15, 0.2) is 0 Å². The summed E-state index contributed by atoms with van der Waals surface area (Å²) in [5.41, 5.74) is 5.06. The van der Waals surface area contributed by atoms with Gasteiger partial charge < -0.3 is 21.2 Å². The van der Waals surface area contributed by atoms with E-state index in [4.69, 9.17) is 5.73 Å². The molecule has 7 heteroatoms. The van der Waals surface area contributed by atoms with E-state index in [-0.39, 0.29) is 18.7 Å². The summed E-state index contributed by atoms with van der Waals surface area (Å²) in [5, 5.41) is 5.03. The molecule has 0 aromatic carbocycles. The van der Waals surface area contributed by atoms with Gasteiger partial charge in [-0.15, -0.1) is 0 Å². The van der Waals surface area contributed by atoms with Crippen LogP contribution in [0.4, 0.5) is 0 Å². The molecule has 0 aliphatic carbocycles. The Morgan fingerprint density at radius 3 is 2.14 bits per heavy atom. The van der Waals surface area contributed by atoms with E-state index in [0.717, 1.165) is 0 Å². The molecule has 120 valence electrons. The molecule has 21 heavy (non-hydrogen) atoms. The van der Waals surface area contributed by atoms with Crippen LogP contribution in [0.15, 0.2) is 0 Å². The third kappa shape index (κ3) is 9.59. The summed E-state index contributed by atoms with van der Waals surface area (Å²) in [4.78, 5) is 45.1. The van der Waals surface area contributed by atoms with E-state index in [2.05, 4.69) is 10.6 Å². The quantitative estimate of drug-likeness (QED) is 0.487. The zero-order valence-corrected chi connectivity index (χ0v) is 12.8. The first kappa shape index (κ1) is 19.1. The minimum Gasteiger partial charge on any atom is -0.370 e. The number of carbonyl (C=O) groups is 4. The van der Waals surface area contributed by atoms with Gasteiger partial charge in [-0.3, -0.25) is 14.4 Å². The van der Waals surface area contributed by atoms with Crippen LogP contribution in [-0.4, -0.2) is 36.1 Å². The summed E-state index contributed by atoms with van der Waals surface area (Å²) in [6.07, 6.45) is 1.70. The highest BCUT2D eigenvalue weighted by atomic mass is 16.2. The lowest BCUT2D eigenvalue weighted by atomic mass is 10.1. The lowest BCUT2D eigenvalue weighted by Gasteiger charge is -2.19. The molecule has 2 atom stereocenters. The summed E-state index contributed by atoms with van der Waals surface area (Å²) in [7, 11) is 0. The Labute approximate surface area is 125 Å². The van der Waals surface area contributed by atoms with Crippen LogP contribution in [0, 0.1) is 5.92 Å². The zero-order valence-electron chi connectivity index (χ0n) is 12.8. The molecular weight excluding hydrogens is 274 g/mol. The Morgan fingerprint density at radius 2 is 1.67 bits per heavy atom. The molecule has 0 aliphatic heterocycles. The molecule has 0 aromatic heterocycles. The number of hydrogen-bond acceptors (Lipinski definition) is 4. The van der Waals surface area contributed by atoms with Gasteiger partial charge in [0.05, 0.1) is 6.04 Å². The largest absolute Gasteiger partial charge is 0.370 e. The van der Waals surface area contributed by atoms with Gasteiger partial charge in [0.25, 0.3) is 0 Å². The molecular formula is C14H25N3O4. The number of aldehydes is 1. The van der Waals surface area contributed by atoms with Crippen molar-refractivity contribution in [2.24, 2.45) is 11.7 Å². The molecule has 7 nitrogen and oxygen atoms in total. The Kier molecular flexibility index (Phi) is 9.00. The van der Waals surface area contributed by atoms with Crippen LogP contribution in [0.3, 0.4) is 0 Å². The number of amides is 3. The Bertz CT molecular complexity index is 382. The fourth-order valence-electron chi connectivity index (χ4n) is 1.60. The zero-order chi connectivity index (χ0) is 16.4. The normalized spacial score (nSPS) is 13.3. The molecule has 0 aromatic rings. The number of carbonyl (C=O) groups excluding carboxylic acids is 4. The second kappa shape index (κ2) is 9.90. The maximum absolute atomic E-state index is 12.0. The summed E-state index contributed by atoms with van der Waals surface area (Å²) in [6.45, 7) is 5.52. The maximum Gasteiger partial charge on any atom is 0.243 e. The third-order valence-corrected chi connectivity index (χ3v) is 2.85. The van der Waals surface area contributed by atoms with Gasteiger partial charge in [-0.1, -0.05) is 13.8 Å². The fraction of sp³-hybridized carbons (Fsp3) is 0.714.